The summed E-state index contributed by atoms with van der Waals surface area (Å²) < 4.78 is 0.915. The van der Waals surface area contributed by atoms with Gasteiger partial charge in [0.25, 0.3) is 0 Å². The van der Waals surface area contributed by atoms with E-state index in [1.807, 2.05) is 18.2 Å². The van der Waals surface area contributed by atoms with Crippen LogP contribution in [0.2, 0.25) is 0 Å². The highest BCUT2D eigenvalue weighted by Crippen LogP contribution is 2.18. The summed E-state index contributed by atoms with van der Waals surface area (Å²) in [5, 5.41) is 0. The Morgan fingerprint density at radius 1 is 1.22 bits per heavy atom. The monoisotopic (exact) mass is 303 g/mol. The summed E-state index contributed by atoms with van der Waals surface area (Å²) >= 11 is 3.50. The van der Waals surface area contributed by atoms with Gasteiger partial charge in [-0.3, -0.25) is 4.99 Å². The van der Waals surface area contributed by atoms with E-state index in [1.54, 1.807) is 0 Å². The van der Waals surface area contributed by atoms with Crippen LogP contribution >= 0.6 is 15.9 Å². The zero-order chi connectivity index (χ0) is 12.6. The molecule has 1 aliphatic carbocycles. The van der Waals surface area contributed by atoms with Crippen LogP contribution in [0, 0.1) is 0 Å². The van der Waals surface area contributed by atoms with Gasteiger partial charge in [-0.15, -0.1) is 0 Å². The molecule has 0 aromatic heterocycles. The summed E-state index contributed by atoms with van der Waals surface area (Å²) in [6.45, 7) is 0.727. The molecule has 0 aliphatic heterocycles. The van der Waals surface area contributed by atoms with Crippen LogP contribution in [0.15, 0.2) is 59.1 Å². The minimum absolute atomic E-state index is 0.727. The van der Waals surface area contributed by atoms with Crippen molar-refractivity contribution in [3.63, 3.8) is 0 Å². The maximum Gasteiger partial charge on any atom is 0.100 e. The van der Waals surface area contributed by atoms with Crippen molar-refractivity contribution >= 4 is 20.6 Å². The zero-order valence-corrected chi connectivity index (χ0v) is 12.1. The van der Waals surface area contributed by atoms with Gasteiger partial charge in [-0.05, 0) is 53.3 Å². The summed E-state index contributed by atoms with van der Waals surface area (Å²) in [6.07, 6.45) is 11.6. The predicted octanol–water partition coefficient (Wildman–Crippen LogP) is 5.04. The minimum atomic E-state index is 0.727. The highest BCUT2D eigenvalue weighted by Gasteiger charge is 1.99. The molecule has 0 fully saturated rings. The van der Waals surface area contributed by atoms with Crippen LogP contribution in [0.25, 0.3) is 0 Å². The second kappa shape index (κ2) is 7.32. The highest BCUT2D eigenvalue weighted by atomic mass is 79.9. The molecular weight excluding hydrogens is 286 g/mol. The van der Waals surface area contributed by atoms with Gasteiger partial charge < -0.3 is 0 Å². The van der Waals surface area contributed by atoms with Gasteiger partial charge in [0.1, 0.15) is 4.62 Å². The van der Waals surface area contributed by atoms with Crippen LogP contribution in [0.4, 0.5) is 0 Å². The average molecular weight is 304 g/mol. The Morgan fingerprint density at radius 3 is 2.78 bits per heavy atom. The molecule has 94 valence electrons. The van der Waals surface area contributed by atoms with E-state index in [0.29, 0.717) is 0 Å². The van der Waals surface area contributed by atoms with Gasteiger partial charge in [0.05, 0.1) is 6.54 Å². The molecule has 0 radical (unpaired) electrons. The number of rotatable bonds is 4. The molecule has 1 aliphatic rings. The first kappa shape index (κ1) is 13.3. The van der Waals surface area contributed by atoms with Gasteiger partial charge in [-0.2, -0.15) is 0 Å². The first-order valence-electron chi connectivity index (χ1n) is 6.45. The maximum absolute atomic E-state index is 4.50. The van der Waals surface area contributed by atoms with E-state index in [1.165, 1.54) is 36.8 Å². The number of hydrogen-bond acceptors (Lipinski definition) is 1. The van der Waals surface area contributed by atoms with Crippen LogP contribution in [0.1, 0.15) is 31.2 Å². The third-order valence-electron chi connectivity index (χ3n) is 3.02. The van der Waals surface area contributed by atoms with E-state index in [4.69, 9.17) is 0 Å². The van der Waals surface area contributed by atoms with Gasteiger partial charge in [-0.25, -0.2) is 0 Å². The van der Waals surface area contributed by atoms with Gasteiger partial charge in [-0.1, -0.05) is 48.1 Å². The van der Waals surface area contributed by atoms with Crippen LogP contribution in [0.3, 0.4) is 0 Å². The van der Waals surface area contributed by atoms with E-state index in [2.05, 4.69) is 51.3 Å². The van der Waals surface area contributed by atoms with E-state index in [-0.39, 0.29) is 0 Å². The normalized spacial score (nSPS) is 16.9. The molecule has 2 heteroatoms. The van der Waals surface area contributed by atoms with Crippen molar-refractivity contribution in [1.29, 1.82) is 0 Å². The second-order valence-electron chi connectivity index (χ2n) is 4.48. The van der Waals surface area contributed by atoms with Crippen LogP contribution in [-0.4, -0.2) is 4.62 Å². The summed E-state index contributed by atoms with van der Waals surface area (Å²) in [4.78, 5) is 4.50. The molecule has 0 spiro atoms. The molecule has 0 N–H and O–H groups in total. The Hall–Kier alpha value is -1.15. The molecule has 0 bridgehead atoms. The fraction of sp³-hybridized carbons (Fsp3) is 0.312. The SMILES string of the molecule is BrC(/C=C/C1=CCCCC1)=N/Cc1ccccc1. The number of halogens is 1. The fourth-order valence-corrected chi connectivity index (χ4v) is 2.25. The van der Waals surface area contributed by atoms with Gasteiger partial charge in [0, 0.05) is 0 Å². The van der Waals surface area contributed by atoms with Gasteiger partial charge in [0.15, 0.2) is 0 Å². The molecule has 0 saturated heterocycles. The molecule has 0 amide bonds. The molecule has 1 nitrogen and oxygen atoms in total. The number of allylic oxidation sites excluding steroid dienone is 4. The van der Waals surface area contributed by atoms with E-state index in [0.717, 1.165) is 11.2 Å². The first-order chi connectivity index (χ1) is 8.84. The molecule has 1 aromatic rings. The van der Waals surface area contributed by atoms with Crippen molar-refractivity contribution in [2.75, 3.05) is 0 Å². The van der Waals surface area contributed by atoms with E-state index >= 15 is 0 Å². The van der Waals surface area contributed by atoms with E-state index < -0.39 is 0 Å². The third kappa shape index (κ3) is 4.61. The average Bonchev–Trinajstić information content (AvgIpc) is 2.45. The molecule has 18 heavy (non-hydrogen) atoms. The molecular formula is C16H18BrN. The summed E-state index contributed by atoms with van der Waals surface area (Å²) in [7, 11) is 0. The Balaban J connectivity index is 1.89. The number of hydrogen-bond donors (Lipinski definition) is 0. The number of aliphatic imine (C=N–C) groups is 1. The van der Waals surface area contributed by atoms with Crippen molar-refractivity contribution in [3.8, 4) is 0 Å². The van der Waals surface area contributed by atoms with Crippen LogP contribution in [0.5, 0.6) is 0 Å². The van der Waals surface area contributed by atoms with Crippen molar-refractivity contribution in [2.24, 2.45) is 4.99 Å². The van der Waals surface area contributed by atoms with Gasteiger partial charge >= 0.3 is 0 Å². The van der Waals surface area contributed by atoms with Crippen molar-refractivity contribution in [2.45, 2.75) is 32.2 Å². The van der Waals surface area contributed by atoms with Crippen molar-refractivity contribution in [3.05, 3.63) is 59.7 Å². The molecule has 0 saturated carbocycles. The predicted molar refractivity (Wildman–Crippen MR) is 82.2 cm³/mol. The largest absolute Gasteiger partial charge is 0.273 e. The van der Waals surface area contributed by atoms with Gasteiger partial charge in [0.2, 0.25) is 0 Å². The number of benzene rings is 1. The summed E-state index contributed by atoms with van der Waals surface area (Å²) in [5.74, 6) is 0. The lowest BCUT2D eigenvalue weighted by Crippen LogP contribution is -1.90. The highest BCUT2D eigenvalue weighted by molar-refractivity contribution is 9.18. The molecule has 0 atom stereocenters. The van der Waals surface area contributed by atoms with Crippen molar-refractivity contribution < 1.29 is 0 Å². The lowest BCUT2D eigenvalue weighted by molar-refractivity contribution is 0.712. The van der Waals surface area contributed by atoms with Crippen LogP contribution < -0.4 is 0 Å². The molecule has 0 unspecified atom stereocenters. The Labute approximate surface area is 117 Å². The zero-order valence-electron chi connectivity index (χ0n) is 10.5. The lowest BCUT2D eigenvalue weighted by atomic mass is 9.99. The Morgan fingerprint density at radius 2 is 2.06 bits per heavy atom. The standard InChI is InChI=1S/C16H18BrN/c17-16(12-11-14-7-3-1-4-8-14)18-13-15-9-5-2-6-10-15/h2,5-7,9-12H,1,3-4,8,13H2/b12-11+,18-16+. The minimum Gasteiger partial charge on any atom is -0.273 e. The topological polar surface area (TPSA) is 12.4 Å². The van der Waals surface area contributed by atoms with E-state index in [9.17, 15) is 0 Å². The Kier molecular flexibility index (Phi) is 5.40. The van der Waals surface area contributed by atoms with Crippen LogP contribution in [-0.2, 0) is 6.54 Å². The smallest absolute Gasteiger partial charge is 0.100 e. The lowest BCUT2D eigenvalue weighted by Gasteiger charge is -2.07. The molecule has 2 rings (SSSR count). The quantitative estimate of drug-likeness (QED) is 0.691. The summed E-state index contributed by atoms with van der Waals surface area (Å²) in [6, 6.07) is 10.3. The Bertz CT molecular complexity index is 457. The molecule has 1 aromatic carbocycles. The number of nitrogens with zero attached hydrogens (tertiary/aromatic N) is 1. The first-order valence-corrected chi connectivity index (χ1v) is 7.25. The maximum atomic E-state index is 4.50. The second-order valence-corrected chi connectivity index (χ2v) is 5.30. The summed E-state index contributed by atoms with van der Waals surface area (Å²) in [5.41, 5.74) is 2.67. The fourth-order valence-electron chi connectivity index (χ4n) is 1.99. The third-order valence-corrected chi connectivity index (χ3v) is 3.53. The molecule has 0 heterocycles. The van der Waals surface area contributed by atoms with Crippen molar-refractivity contribution in [1.82, 2.24) is 0 Å².